The molecular formula is C29H26N2O4. The minimum atomic E-state index is -0.791. The molecule has 0 aliphatic rings. The first-order chi connectivity index (χ1) is 17.0. The van der Waals surface area contributed by atoms with Crippen LogP contribution in [-0.4, -0.2) is 28.3 Å². The Labute approximate surface area is 203 Å². The maximum atomic E-state index is 12.8. The Hall–Kier alpha value is -4.32. The maximum absolute atomic E-state index is 12.8. The first-order valence-corrected chi connectivity index (χ1v) is 11.6. The van der Waals surface area contributed by atoms with Gasteiger partial charge < -0.3 is 10.4 Å². The molecule has 0 fully saturated rings. The van der Waals surface area contributed by atoms with E-state index in [-0.39, 0.29) is 12.3 Å². The number of aryl methyl sites for hydroxylation is 1. The average molecular weight is 467 g/mol. The molecule has 1 aromatic heterocycles. The van der Waals surface area contributed by atoms with Gasteiger partial charge in [0.25, 0.3) is 5.91 Å². The number of nitrogens with zero attached hydrogens (tertiary/aromatic N) is 1. The number of carbonyl (C=O) groups is 3. The lowest BCUT2D eigenvalue weighted by Crippen LogP contribution is -2.22. The molecule has 0 aliphatic carbocycles. The molecule has 0 saturated heterocycles. The highest BCUT2D eigenvalue weighted by Gasteiger charge is 2.12. The van der Waals surface area contributed by atoms with Crippen molar-refractivity contribution in [3.63, 3.8) is 0 Å². The number of carbonyl (C=O) groups excluding carboxylic acids is 2. The molecule has 6 heteroatoms. The van der Waals surface area contributed by atoms with Crippen LogP contribution in [-0.2, 0) is 17.8 Å². The van der Waals surface area contributed by atoms with Crippen LogP contribution in [0.3, 0.4) is 0 Å². The van der Waals surface area contributed by atoms with E-state index >= 15 is 0 Å². The normalized spacial score (nSPS) is 10.7. The monoisotopic (exact) mass is 466 g/mol. The molecule has 2 N–H and O–H groups in total. The summed E-state index contributed by atoms with van der Waals surface area (Å²) in [5.41, 5.74) is 5.74. The van der Waals surface area contributed by atoms with Gasteiger partial charge in [-0.25, -0.2) is 4.98 Å². The van der Waals surface area contributed by atoms with Gasteiger partial charge in [0.2, 0.25) is 0 Å². The van der Waals surface area contributed by atoms with Gasteiger partial charge in [-0.1, -0.05) is 54.6 Å². The van der Waals surface area contributed by atoms with Crippen molar-refractivity contribution in [1.82, 2.24) is 10.3 Å². The summed E-state index contributed by atoms with van der Waals surface area (Å²) in [7, 11) is 0. The second-order valence-corrected chi connectivity index (χ2v) is 8.41. The number of fused-ring (bicyclic) bond motifs is 1. The van der Waals surface area contributed by atoms with E-state index in [0.717, 1.165) is 46.0 Å². The third-order valence-electron chi connectivity index (χ3n) is 5.86. The lowest BCUT2D eigenvalue weighted by molar-refractivity contribution is -0.137. The first-order valence-electron chi connectivity index (χ1n) is 11.6. The standard InChI is InChI=1S/C29H26N2O4/c32-19-21-12-10-20(11-13-21)18-30-29(35)24-14-15-26-25(17-24)16-23(8-4-5-9-27(33)34)28(31-26)22-6-2-1-3-7-22/h1-3,6-7,10-17,19H,4-5,8-9,18H2,(H,30,35)(H,33,34). The van der Waals surface area contributed by atoms with Crippen molar-refractivity contribution in [2.45, 2.75) is 32.2 Å². The van der Waals surface area contributed by atoms with Gasteiger partial charge in [0, 0.05) is 35.0 Å². The van der Waals surface area contributed by atoms with Crippen LogP contribution in [0.1, 0.15) is 51.1 Å². The van der Waals surface area contributed by atoms with E-state index in [0.29, 0.717) is 30.5 Å². The fraction of sp³-hybridized carbons (Fsp3) is 0.172. The van der Waals surface area contributed by atoms with E-state index in [1.54, 1.807) is 18.2 Å². The van der Waals surface area contributed by atoms with Crippen molar-refractivity contribution in [2.24, 2.45) is 0 Å². The number of carboxylic acids is 1. The highest BCUT2D eigenvalue weighted by atomic mass is 16.4. The zero-order valence-corrected chi connectivity index (χ0v) is 19.2. The van der Waals surface area contributed by atoms with Gasteiger partial charge in [-0.2, -0.15) is 0 Å². The number of nitrogens with one attached hydrogen (secondary N) is 1. The summed E-state index contributed by atoms with van der Waals surface area (Å²) in [6, 6.07) is 24.5. The average Bonchev–Trinajstić information content (AvgIpc) is 2.89. The number of hydrogen-bond donors (Lipinski definition) is 2. The topological polar surface area (TPSA) is 96.4 Å². The molecular weight excluding hydrogens is 440 g/mol. The molecule has 0 bridgehead atoms. The van der Waals surface area contributed by atoms with Crippen LogP contribution in [0.5, 0.6) is 0 Å². The van der Waals surface area contributed by atoms with Crippen LogP contribution in [0.25, 0.3) is 22.2 Å². The molecule has 4 aromatic rings. The molecule has 0 atom stereocenters. The van der Waals surface area contributed by atoms with E-state index in [1.165, 1.54) is 0 Å². The van der Waals surface area contributed by atoms with Crippen LogP contribution in [0.2, 0.25) is 0 Å². The molecule has 1 heterocycles. The molecule has 0 spiro atoms. The van der Waals surface area contributed by atoms with Gasteiger partial charge in [-0.3, -0.25) is 14.4 Å². The largest absolute Gasteiger partial charge is 0.481 e. The van der Waals surface area contributed by atoms with E-state index in [1.807, 2.05) is 54.6 Å². The Morgan fingerprint density at radius 2 is 1.69 bits per heavy atom. The Morgan fingerprint density at radius 1 is 0.914 bits per heavy atom. The highest BCUT2D eigenvalue weighted by Crippen LogP contribution is 2.28. The number of aromatic nitrogens is 1. The van der Waals surface area contributed by atoms with Gasteiger partial charge in [0.1, 0.15) is 6.29 Å². The predicted molar refractivity (Wildman–Crippen MR) is 135 cm³/mol. The quantitative estimate of drug-likeness (QED) is 0.240. The van der Waals surface area contributed by atoms with Crippen molar-refractivity contribution in [3.8, 4) is 11.3 Å². The number of unbranched alkanes of at least 4 members (excludes halogenated alkanes) is 1. The van der Waals surface area contributed by atoms with E-state index in [9.17, 15) is 14.4 Å². The summed E-state index contributed by atoms with van der Waals surface area (Å²) in [6.07, 6.45) is 2.97. The molecule has 0 unspecified atom stereocenters. The van der Waals surface area contributed by atoms with Crippen LogP contribution in [0, 0.1) is 0 Å². The summed E-state index contributed by atoms with van der Waals surface area (Å²) in [4.78, 5) is 39.4. The van der Waals surface area contributed by atoms with E-state index in [4.69, 9.17) is 10.1 Å². The lowest BCUT2D eigenvalue weighted by atomic mass is 9.98. The van der Waals surface area contributed by atoms with Crippen LogP contribution in [0.15, 0.2) is 78.9 Å². The van der Waals surface area contributed by atoms with Gasteiger partial charge in [-0.05, 0) is 54.7 Å². The molecule has 0 aliphatic heterocycles. The van der Waals surface area contributed by atoms with Gasteiger partial charge in [-0.15, -0.1) is 0 Å². The predicted octanol–water partition coefficient (Wildman–Crippen LogP) is 5.44. The molecule has 3 aromatic carbocycles. The smallest absolute Gasteiger partial charge is 0.303 e. The first kappa shape index (κ1) is 23.8. The summed E-state index contributed by atoms with van der Waals surface area (Å²) in [6.45, 7) is 0.357. The molecule has 176 valence electrons. The van der Waals surface area contributed by atoms with Gasteiger partial charge in [0.05, 0.1) is 11.2 Å². The minimum Gasteiger partial charge on any atom is -0.481 e. The fourth-order valence-electron chi connectivity index (χ4n) is 3.99. The Balaban J connectivity index is 1.57. The SMILES string of the molecule is O=Cc1ccc(CNC(=O)c2ccc3nc(-c4ccccc4)c(CCCCC(=O)O)cc3c2)cc1. The van der Waals surface area contributed by atoms with Crippen molar-refractivity contribution in [3.05, 3.63) is 101 Å². The van der Waals surface area contributed by atoms with Crippen molar-refractivity contribution in [2.75, 3.05) is 0 Å². The number of hydrogen-bond acceptors (Lipinski definition) is 4. The molecule has 4 rings (SSSR count). The van der Waals surface area contributed by atoms with Gasteiger partial charge >= 0.3 is 5.97 Å². The molecule has 1 amide bonds. The lowest BCUT2D eigenvalue weighted by Gasteiger charge is -2.12. The number of pyridine rings is 1. The molecule has 0 radical (unpaired) electrons. The Kier molecular flexibility index (Phi) is 7.63. The maximum Gasteiger partial charge on any atom is 0.303 e. The number of amides is 1. The number of aldehydes is 1. The molecule has 0 saturated carbocycles. The van der Waals surface area contributed by atoms with Crippen LogP contribution in [0.4, 0.5) is 0 Å². The zero-order chi connectivity index (χ0) is 24.6. The Morgan fingerprint density at radius 3 is 2.40 bits per heavy atom. The van der Waals surface area contributed by atoms with Crippen LogP contribution >= 0.6 is 0 Å². The summed E-state index contributed by atoms with van der Waals surface area (Å²) in [5, 5.41) is 12.7. The minimum absolute atomic E-state index is 0.143. The molecule has 6 nitrogen and oxygen atoms in total. The van der Waals surface area contributed by atoms with Crippen molar-refractivity contribution < 1.29 is 19.5 Å². The van der Waals surface area contributed by atoms with Gasteiger partial charge in [0.15, 0.2) is 0 Å². The molecule has 35 heavy (non-hydrogen) atoms. The van der Waals surface area contributed by atoms with Crippen molar-refractivity contribution >= 4 is 29.1 Å². The fourth-order valence-corrected chi connectivity index (χ4v) is 3.99. The number of carboxylic acid groups (broad SMARTS) is 1. The number of rotatable bonds is 10. The third-order valence-corrected chi connectivity index (χ3v) is 5.86. The van der Waals surface area contributed by atoms with Crippen molar-refractivity contribution in [1.29, 1.82) is 0 Å². The Bertz CT molecular complexity index is 1350. The zero-order valence-electron chi connectivity index (χ0n) is 19.2. The highest BCUT2D eigenvalue weighted by molar-refractivity contribution is 5.98. The van der Waals surface area contributed by atoms with E-state index < -0.39 is 5.97 Å². The second-order valence-electron chi connectivity index (χ2n) is 8.41. The van der Waals surface area contributed by atoms with Crippen LogP contribution < -0.4 is 5.32 Å². The summed E-state index contributed by atoms with van der Waals surface area (Å²) < 4.78 is 0. The summed E-state index contributed by atoms with van der Waals surface area (Å²) in [5.74, 6) is -0.984. The van der Waals surface area contributed by atoms with E-state index in [2.05, 4.69) is 11.4 Å². The summed E-state index contributed by atoms with van der Waals surface area (Å²) >= 11 is 0. The number of benzene rings is 3. The third kappa shape index (κ3) is 6.18. The number of aliphatic carboxylic acids is 1. The second kappa shape index (κ2) is 11.2.